The normalized spacial score (nSPS) is 11.8. The zero-order valence-electron chi connectivity index (χ0n) is 13.8. The number of carbonyl (C=O) groups is 1. The highest BCUT2D eigenvalue weighted by Gasteiger charge is 2.10. The third kappa shape index (κ3) is 4.47. The van der Waals surface area contributed by atoms with E-state index in [1.807, 2.05) is 10.5 Å². The molecule has 1 unspecified atom stereocenters. The molecule has 25 heavy (non-hydrogen) atoms. The minimum atomic E-state index is -0.345. The summed E-state index contributed by atoms with van der Waals surface area (Å²) in [4.78, 5) is 11.5. The molecule has 6 heteroatoms. The molecule has 3 rings (SSSR count). The number of fused-ring (bicyclic) bond motifs is 1. The fourth-order valence-electron chi connectivity index (χ4n) is 2.65. The molecule has 0 amide bonds. The average Bonchev–Trinajstić information content (AvgIpc) is 2.98. The molecular weight excluding hydrogens is 446 g/mol. The van der Waals surface area contributed by atoms with Gasteiger partial charge in [-0.25, -0.2) is 9.25 Å². The van der Waals surface area contributed by atoms with Gasteiger partial charge in [-0.2, -0.15) is 5.10 Å². The summed E-state index contributed by atoms with van der Waals surface area (Å²) in [5, 5.41) is 5.66. The molecule has 0 aliphatic rings. The quantitative estimate of drug-likeness (QED) is 0.223. The van der Waals surface area contributed by atoms with E-state index in [0.29, 0.717) is 13.0 Å². The maximum atomic E-state index is 11.5. The molecule has 0 bridgehead atoms. The number of ether oxygens (including phenoxy) is 1. The van der Waals surface area contributed by atoms with Crippen LogP contribution in [0.1, 0.15) is 23.7 Å². The maximum Gasteiger partial charge on any atom is 0.330 e. The number of hydrogen-bond acceptors (Lipinski definition) is 3. The van der Waals surface area contributed by atoms with Crippen molar-refractivity contribution in [3.63, 3.8) is 0 Å². The van der Waals surface area contributed by atoms with Crippen molar-refractivity contribution in [2.24, 2.45) is 0 Å². The van der Waals surface area contributed by atoms with Crippen LogP contribution in [0.3, 0.4) is 0 Å². The van der Waals surface area contributed by atoms with Crippen LogP contribution in [-0.2, 0) is 16.0 Å². The van der Waals surface area contributed by atoms with Crippen molar-refractivity contribution in [2.45, 2.75) is 13.3 Å². The number of carbonyl (C=O) groups excluding carboxylic acids is 1. The van der Waals surface area contributed by atoms with Gasteiger partial charge in [0.25, 0.3) is 0 Å². The molecule has 0 saturated carbocycles. The molecule has 4 nitrogen and oxygen atoms in total. The Morgan fingerprint density at radius 1 is 1.24 bits per heavy atom. The monoisotopic (exact) mass is 464 g/mol. The van der Waals surface area contributed by atoms with Crippen LogP contribution < -0.4 is 0 Å². The third-order valence-corrected chi connectivity index (χ3v) is 5.64. The van der Waals surface area contributed by atoms with Crippen LogP contribution in [0.5, 0.6) is 0 Å². The fourth-order valence-corrected chi connectivity index (χ4v) is 4.18. The van der Waals surface area contributed by atoms with Crippen LogP contribution in [0.2, 0.25) is 0 Å². The van der Waals surface area contributed by atoms with Crippen molar-refractivity contribution >= 4 is 51.4 Å². The molecule has 0 fully saturated rings. The van der Waals surface area contributed by atoms with Crippen molar-refractivity contribution in [1.29, 1.82) is 0 Å². The van der Waals surface area contributed by atoms with E-state index in [1.165, 1.54) is 17.2 Å². The molecule has 1 atom stereocenters. The van der Waals surface area contributed by atoms with Crippen LogP contribution in [0, 0.1) is 0 Å². The second-order valence-corrected chi connectivity index (χ2v) is 7.52. The predicted octanol–water partition coefficient (Wildman–Crippen LogP) is 5.00. The van der Waals surface area contributed by atoms with Gasteiger partial charge in [0, 0.05) is 11.5 Å². The summed E-state index contributed by atoms with van der Waals surface area (Å²) < 4.78 is 6.92. The van der Waals surface area contributed by atoms with Gasteiger partial charge in [0.1, 0.15) is 0 Å². The molecule has 0 aliphatic carbocycles. The molecule has 3 aromatic rings. The zero-order chi connectivity index (χ0) is 17.6. The molecule has 0 aliphatic heterocycles. The first-order valence-electron chi connectivity index (χ1n) is 7.98. The van der Waals surface area contributed by atoms with Gasteiger partial charge in [0.15, 0.2) is 0 Å². The average molecular weight is 464 g/mol. The van der Waals surface area contributed by atoms with E-state index in [4.69, 9.17) is 4.74 Å². The Labute approximate surface area is 161 Å². The van der Waals surface area contributed by atoms with Gasteiger partial charge in [0.05, 0.1) is 24.2 Å². The van der Waals surface area contributed by atoms with Crippen molar-refractivity contribution < 1.29 is 9.53 Å². The van der Waals surface area contributed by atoms with E-state index in [9.17, 15) is 4.79 Å². The molecule has 0 spiro atoms. The fraction of sp³-hybridized carbons (Fsp3) is 0.158. The lowest BCUT2D eigenvalue weighted by Crippen LogP contribution is -1.98. The van der Waals surface area contributed by atoms with Crippen LogP contribution in [0.4, 0.5) is 0 Å². The lowest BCUT2D eigenvalue weighted by atomic mass is 10.0. The number of benzene rings is 2. The maximum absolute atomic E-state index is 11.5. The molecule has 0 radical (unpaired) electrons. The third-order valence-electron chi connectivity index (χ3n) is 3.77. The number of hydrogen-bond donors (Lipinski definition) is 0. The number of rotatable bonds is 6. The van der Waals surface area contributed by atoms with Crippen LogP contribution in [-0.4, -0.2) is 22.1 Å². The second kappa shape index (κ2) is 8.59. The molecule has 128 valence electrons. The van der Waals surface area contributed by atoms with Crippen molar-refractivity contribution in [2.75, 3.05) is 6.61 Å². The minimum absolute atomic E-state index is 0.345. The predicted molar refractivity (Wildman–Crippen MR) is 112 cm³/mol. The second-order valence-electron chi connectivity index (χ2n) is 5.48. The summed E-state index contributed by atoms with van der Waals surface area (Å²) in [7, 11) is 0. The van der Waals surface area contributed by atoms with Gasteiger partial charge in [0.2, 0.25) is 0 Å². The van der Waals surface area contributed by atoms with Crippen molar-refractivity contribution in [1.82, 2.24) is 9.55 Å². The highest BCUT2D eigenvalue weighted by Crippen LogP contribution is 2.31. The Morgan fingerprint density at radius 3 is 2.76 bits per heavy atom. The van der Waals surface area contributed by atoms with E-state index in [0.717, 1.165) is 23.0 Å². The molecular formula is C19H18IN2O2P. The highest BCUT2D eigenvalue weighted by molar-refractivity contribution is 14.2. The van der Waals surface area contributed by atoms with Gasteiger partial charge >= 0.3 is 5.97 Å². The lowest BCUT2D eigenvalue weighted by Gasteiger charge is -2.03. The summed E-state index contributed by atoms with van der Waals surface area (Å²) >= 11 is 2.32. The molecule has 2 aromatic carbocycles. The first-order chi connectivity index (χ1) is 12.2. The molecule has 1 heterocycles. The Hall–Kier alpha value is -1.72. The summed E-state index contributed by atoms with van der Waals surface area (Å²) in [6, 6.07) is 16.8. The molecule has 0 N–H and O–H groups in total. The van der Waals surface area contributed by atoms with Gasteiger partial charge in [-0.15, -0.1) is 0 Å². The van der Waals surface area contributed by atoms with Crippen molar-refractivity contribution in [3.8, 4) is 0 Å². The number of esters is 1. The first-order valence-corrected chi connectivity index (χ1v) is 12.0. The topological polar surface area (TPSA) is 44.1 Å². The first kappa shape index (κ1) is 18.1. The summed E-state index contributed by atoms with van der Waals surface area (Å²) in [6.45, 7) is 2.16. The highest BCUT2D eigenvalue weighted by atomic mass is 127. The molecule has 1 aromatic heterocycles. The summed E-state index contributed by atoms with van der Waals surface area (Å²) in [6.07, 6.45) is 4.54. The Morgan fingerprint density at radius 2 is 2.04 bits per heavy atom. The van der Waals surface area contributed by atoms with Gasteiger partial charge in [-0.05, 0) is 58.7 Å². The number of halogens is 1. The lowest BCUT2D eigenvalue weighted by molar-refractivity contribution is -0.137. The largest absolute Gasteiger partial charge is 0.463 e. The number of aromatic nitrogens is 2. The van der Waals surface area contributed by atoms with Crippen LogP contribution in [0.25, 0.3) is 17.0 Å². The van der Waals surface area contributed by atoms with Gasteiger partial charge < -0.3 is 4.74 Å². The van der Waals surface area contributed by atoms with Crippen molar-refractivity contribution in [3.05, 3.63) is 71.4 Å². The van der Waals surface area contributed by atoms with E-state index in [1.54, 1.807) is 13.0 Å². The summed E-state index contributed by atoms with van der Waals surface area (Å²) in [5.41, 5.74) is 4.41. The van der Waals surface area contributed by atoms with Gasteiger partial charge in [-0.3, -0.25) is 0 Å². The minimum Gasteiger partial charge on any atom is -0.463 e. The standard InChI is InChI=1S/C19H18IN2O2P/c1-2-24-19(23)11-10-17-16-9-8-15(12-14-6-4-3-5-7-14)13-18(16)22(21-17)25-20/h3-11,13,25H,2,12H2,1H3/b11-10+. The zero-order valence-corrected chi connectivity index (χ0v) is 16.9. The summed E-state index contributed by atoms with van der Waals surface area (Å²) in [5.74, 6) is -0.345. The number of nitrogens with zero attached hydrogens (tertiary/aromatic N) is 2. The Kier molecular flexibility index (Phi) is 6.21. The van der Waals surface area contributed by atoms with Gasteiger partial charge in [-0.1, -0.05) is 42.5 Å². The Bertz CT molecular complexity index is 906. The van der Waals surface area contributed by atoms with E-state index in [2.05, 4.69) is 69.6 Å². The van der Waals surface area contributed by atoms with E-state index in [-0.39, 0.29) is 5.97 Å². The van der Waals surface area contributed by atoms with E-state index >= 15 is 0 Å². The SMILES string of the molecule is CCOC(=O)/C=C/c1nn(PI)c2cc(Cc3ccccc3)ccc12. The molecule has 0 saturated heterocycles. The van der Waals surface area contributed by atoms with E-state index < -0.39 is 0 Å². The van der Waals surface area contributed by atoms with Crippen LogP contribution >= 0.6 is 28.4 Å². The smallest absolute Gasteiger partial charge is 0.330 e. The Balaban J connectivity index is 1.92. The van der Waals surface area contributed by atoms with Crippen LogP contribution in [0.15, 0.2) is 54.6 Å².